The summed E-state index contributed by atoms with van der Waals surface area (Å²) < 4.78 is 45.6. The number of carbonyl (C=O) groups excluding carboxylic acids is 1. The van der Waals surface area contributed by atoms with Crippen LogP contribution in [0.25, 0.3) is 16.8 Å². The third kappa shape index (κ3) is 6.65. The molecule has 4 N–H and O–H groups in total. The Morgan fingerprint density at radius 2 is 1.63 bits per heavy atom. The van der Waals surface area contributed by atoms with E-state index in [-0.39, 0.29) is 28.1 Å². The van der Waals surface area contributed by atoms with Gasteiger partial charge in [-0.05, 0) is 48.0 Å². The molecule has 5 rings (SSSR count). The molecule has 0 aliphatic rings. The van der Waals surface area contributed by atoms with Gasteiger partial charge in [0.2, 0.25) is 0 Å². The van der Waals surface area contributed by atoms with Gasteiger partial charge in [-0.25, -0.2) is 24.4 Å². The van der Waals surface area contributed by atoms with Gasteiger partial charge in [-0.3, -0.25) is 0 Å². The van der Waals surface area contributed by atoms with E-state index in [4.69, 9.17) is 33.7 Å². The summed E-state index contributed by atoms with van der Waals surface area (Å²) in [6.45, 7) is 0. The zero-order valence-corrected chi connectivity index (χ0v) is 22.0. The number of alkyl halides is 3. The van der Waals surface area contributed by atoms with Gasteiger partial charge in [-0.2, -0.15) is 18.3 Å². The second-order valence-electron chi connectivity index (χ2n) is 8.35. The number of anilines is 3. The second kappa shape index (κ2) is 11.3. The quantitative estimate of drug-likeness (QED) is 0.190. The summed E-state index contributed by atoms with van der Waals surface area (Å²) in [6, 6.07) is 13.0. The number of amides is 2. The van der Waals surface area contributed by atoms with Crippen LogP contribution >= 0.6 is 23.2 Å². The highest BCUT2D eigenvalue weighted by atomic mass is 35.5. The molecule has 0 bridgehead atoms. The van der Waals surface area contributed by atoms with E-state index in [0.717, 1.165) is 22.5 Å². The predicted octanol–water partition coefficient (Wildman–Crippen LogP) is 7.07. The van der Waals surface area contributed by atoms with E-state index < -0.39 is 17.9 Å². The van der Waals surface area contributed by atoms with Gasteiger partial charge >= 0.3 is 18.2 Å². The van der Waals surface area contributed by atoms with Crippen molar-refractivity contribution >= 4 is 46.4 Å². The highest BCUT2D eigenvalue weighted by molar-refractivity contribution is 6.31. The number of nitrogen functional groups attached to an aromatic ring is 1. The Morgan fingerprint density at radius 3 is 2.32 bits per heavy atom. The molecule has 0 aliphatic carbocycles. The summed E-state index contributed by atoms with van der Waals surface area (Å²) in [5.41, 5.74) is 6.81. The van der Waals surface area contributed by atoms with Crippen molar-refractivity contribution in [2.24, 2.45) is 0 Å². The van der Waals surface area contributed by atoms with E-state index in [9.17, 15) is 18.0 Å². The van der Waals surface area contributed by atoms with Crippen LogP contribution in [0.2, 0.25) is 10.0 Å². The van der Waals surface area contributed by atoms with Crippen LogP contribution in [-0.4, -0.2) is 30.8 Å². The minimum atomic E-state index is -4.63. The Kier molecular flexibility index (Phi) is 7.64. The van der Waals surface area contributed by atoms with Crippen molar-refractivity contribution in [3.63, 3.8) is 0 Å². The number of hydrogen-bond acceptors (Lipinski definition) is 7. The number of carbonyl (C=O) groups is 1. The number of rotatable bonds is 6. The number of ether oxygens (including phenoxy) is 1. The van der Waals surface area contributed by atoms with Crippen molar-refractivity contribution in [1.29, 1.82) is 0 Å². The van der Waals surface area contributed by atoms with Crippen LogP contribution in [0.15, 0.2) is 79.4 Å². The maximum Gasteiger partial charge on any atom is 0.435 e. The lowest BCUT2D eigenvalue weighted by atomic mass is 10.1. The molecule has 3 aromatic heterocycles. The molecule has 0 saturated heterocycles. The van der Waals surface area contributed by atoms with Crippen LogP contribution in [0.5, 0.6) is 11.8 Å². The number of benzene rings is 2. The van der Waals surface area contributed by atoms with Gasteiger partial charge in [0.25, 0.3) is 0 Å². The summed E-state index contributed by atoms with van der Waals surface area (Å²) in [7, 11) is 0. The number of nitrogens with two attached hydrogens (primary N) is 1. The fourth-order valence-electron chi connectivity index (χ4n) is 3.62. The van der Waals surface area contributed by atoms with Crippen molar-refractivity contribution in [3.8, 4) is 28.6 Å². The molecule has 0 spiro atoms. The molecule has 10 nitrogen and oxygen atoms in total. The molecular formula is C26H17Cl2F3N8O2. The molecule has 0 unspecified atom stereocenters. The Labute approximate surface area is 239 Å². The van der Waals surface area contributed by atoms with Crippen LogP contribution in [-0.2, 0) is 6.18 Å². The van der Waals surface area contributed by atoms with E-state index in [1.807, 2.05) is 0 Å². The number of aromatic nitrogens is 5. The maximum absolute atomic E-state index is 13.0. The fourth-order valence-corrected chi connectivity index (χ4v) is 3.94. The minimum Gasteiger partial charge on any atom is -0.424 e. The number of halogens is 5. The lowest BCUT2D eigenvalue weighted by molar-refractivity contribution is -0.141. The van der Waals surface area contributed by atoms with Crippen LogP contribution in [0.3, 0.4) is 0 Å². The average molecular weight is 601 g/mol. The highest BCUT2D eigenvalue weighted by Crippen LogP contribution is 2.31. The Morgan fingerprint density at radius 1 is 0.902 bits per heavy atom. The minimum absolute atomic E-state index is 0.0202. The van der Waals surface area contributed by atoms with Crippen molar-refractivity contribution in [2.45, 2.75) is 6.18 Å². The average Bonchev–Trinajstić information content (AvgIpc) is 3.44. The topological polar surface area (TPSA) is 133 Å². The monoisotopic (exact) mass is 600 g/mol. The normalized spacial score (nSPS) is 11.2. The van der Waals surface area contributed by atoms with E-state index in [2.05, 4.69) is 30.7 Å². The lowest BCUT2D eigenvalue weighted by Gasteiger charge is -2.13. The number of nitrogens with one attached hydrogen (secondary N) is 2. The van der Waals surface area contributed by atoms with E-state index in [1.54, 1.807) is 30.3 Å². The molecule has 2 aromatic carbocycles. The molecule has 2 amide bonds. The third-order valence-electron chi connectivity index (χ3n) is 5.48. The molecule has 0 fully saturated rings. The fraction of sp³-hybridized carbons (Fsp3) is 0.0385. The lowest BCUT2D eigenvalue weighted by Crippen LogP contribution is -2.21. The first-order valence-corrected chi connectivity index (χ1v) is 12.3. The summed E-state index contributed by atoms with van der Waals surface area (Å²) in [5.74, 6) is 0.783. The molecule has 208 valence electrons. The second-order valence-corrected chi connectivity index (χ2v) is 9.22. The molecule has 41 heavy (non-hydrogen) atoms. The molecular weight excluding hydrogens is 584 g/mol. The summed E-state index contributed by atoms with van der Waals surface area (Å²) in [5, 5.41) is 9.31. The van der Waals surface area contributed by atoms with Gasteiger partial charge < -0.3 is 21.1 Å². The Bertz CT molecular complexity index is 1710. The molecule has 5 aromatic rings. The van der Waals surface area contributed by atoms with E-state index >= 15 is 0 Å². The SMILES string of the molecule is Nc1ncc(Cl)cc1-c1ccc(Oc2ncc(NC(=O)Nc3ccc(Cl)cc3-n3ccc(C(F)(F)F)n3)cn2)cc1. The van der Waals surface area contributed by atoms with Crippen LogP contribution in [0.4, 0.5) is 35.2 Å². The van der Waals surface area contributed by atoms with E-state index in [1.165, 1.54) is 36.8 Å². The first-order chi connectivity index (χ1) is 19.5. The van der Waals surface area contributed by atoms with Gasteiger partial charge in [0.1, 0.15) is 11.6 Å². The van der Waals surface area contributed by atoms with Crippen molar-refractivity contribution in [1.82, 2.24) is 24.7 Å². The van der Waals surface area contributed by atoms with Gasteiger partial charge in [0, 0.05) is 23.0 Å². The van der Waals surface area contributed by atoms with Crippen LogP contribution in [0.1, 0.15) is 5.69 Å². The van der Waals surface area contributed by atoms with Gasteiger partial charge in [-0.15, -0.1) is 0 Å². The smallest absolute Gasteiger partial charge is 0.424 e. The first kappa shape index (κ1) is 27.7. The summed E-state index contributed by atoms with van der Waals surface area (Å²) >= 11 is 12.0. The molecule has 0 radical (unpaired) electrons. The third-order valence-corrected chi connectivity index (χ3v) is 5.92. The standard InChI is InChI=1S/C26H17Cl2F3N8O2/c27-15-3-6-20(21(10-15)39-8-7-22(38-39)26(29,30)31)37-24(40)36-17-12-34-25(35-13-17)41-18-4-1-14(2-5-18)19-9-16(28)11-33-23(19)32/h1-13H,(H2,32,33)(H2,36,37,40). The van der Waals surface area contributed by atoms with Crippen molar-refractivity contribution in [2.75, 3.05) is 16.4 Å². The van der Waals surface area contributed by atoms with E-state index in [0.29, 0.717) is 22.2 Å². The van der Waals surface area contributed by atoms with Crippen molar-refractivity contribution < 1.29 is 22.7 Å². The molecule has 0 atom stereocenters. The van der Waals surface area contributed by atoms with Crippen LogP contribution in [0, 0.1) is 0 Å². The zero-order valence-electron chi connectivity index (χ0n) is 20.5. The predicted molar refractivity (Wildman–Crippen MR) is 147 cm³/mol. The summed E-state index contributed by atoms with van der Waals surface area (Å²) in [6.07, 6.45) is 0.587. The number of urea groups is 1. The van der Waals surface area contributed by atoms with Gasteiger partial charge in [0.15, 0.2) is 5.69 Å². The number of hydrogen-bond donors (Lipinski definition) is 3. The molecule has 15 heteroatoms. The molecule has 3 heterocycles. The largest absolute Gasteiger partial charge is 0.435 e. The van der Waals surface area contributed by atoms with Gasteiger partial charge in [-0.1, -0.05) is 35.3 Å². The molecule has 0 aliphatic heterocycles. The maximum atomic E-state index is 13.0. The zero-order chi connectivity index (χ0) is 29.1. The Hall–Kier alpha value is -4.88. The highest BCUT2D eigenvalue weighted by Gasteiger charge is 2.33. The number of nitrogens with zero attached hydrogens (tertiary/aromatic N) is 5. The molecule has 0 saturated carbocycles. The Balaban J connectivity index is 1.23. The summed E-state index contributed by atoms with van der Waals surface area (Å²) in [4.78, 5) is 24.8. The number of pyridine rings is 1. The van der Waals surface area contributed by atoms with Crippen LogP contribution < -0.4 is 21.1 Å². The first-order valence-electron chi connectivity index (χ1n) is 11.6. The van der Waals surface area contributed by atoms with Gasteiger partial charge in [0.05, 0.1) is 34.5 Å². The van der Waals surface area contributed by atoms with Crippen molar-refractivity contribution in [3.05, 3.63) is 95.1 Å².